The molecule has 162 valence electrons. The van der Waals surface area contributed by atoms with Crippen molar-refractivity contribution < 1.29 is 26.9 Å². The van der Waals surface area contributed by atoms with Crippen LogP contribution in [0.15, 0.2) is 42.5 Å². The van der Waals surface area contributed by atoms with Crippen LogP contribution in [0.5, 0.6) is 17.2 Å². The molecule has 2 amide bonds. The van der Waals surface area contributed by atoms with E-state index in [0.29, 0.717) is 23.7 Å². The van der Waals surface area contributed by atoms with Crippen molar-refractivity contribution >= 4 is 21.8 Å². The van der Waals surface area contributed by atoms with Gasteiger partial charge in [0.25, 0.3) is 0 Å². The minimum absolute atomic E-state index is 0.109. The Hall–Kier alpha value is -2.94. The average molecular weight is 435 g/mol. The number of benzene rings is 2. The van der Waals surface area contributed by atoms with Crippen LogP contribution in [0.3, 0.4) is 0 Å². The van der Waals surface area contributed by atoms with Crippen molar-refractivity contribution in [3.05, 3.63) is 48.0 Å². The van der Waals surface area contributed by atoms with Gasteiger partial charge in [-0.1, -0.05) is 18.2 Å². The summed E-state index contributed by atoms with van der Waals surface area (Å²) in [5.41, 5.74) is 1.32. The van der Waals surface area contributed by atoms with Gasteiger partial charge in [-0.05, 0) is 49.6 Å². The highest BCUT2D eigenvalue weighted by Crippen LogP contribution is 2.33. The first-order valence-corrected chi connectivity index (χ1v) is 11.2. The number of hydrogen-bond acceptors (Lipinski definition) is 6. The zero-order valence-electron chi connectivity index (χ0n) is 17.3. The predicted octanol–water partition coefficient (Wildman–Crippen LogP) is 3.63. The molecule has 9 heteroatoms. The maximum absolute atomic E-state index is 13.0. The van der Waals surface area contributed by atoms with Crippen molar-refractivity contribution in [1.82, 2.24) is 4.90 Å². The third kappa shape index (κ3) is 5.35. The number of carbonyl (C=O) groups is 1. The Balaban J connectivity index is 1.80. The number of nitrogens with one attached hydrogen (secondary N) is 1. The minimum atomic E-state index is -3.71. The van der Waals surface area contributed by atoms with Crippen molar-refractivity contribution in [3.63, 3.8) is 0 Å². The van der Waals surface area contributed by atoms with Gasteiger partial charge in [0.15, 0.2) is 11.5 Å². The molecule has 0 unspecified atom stereocenters. The molecule has 0 aromatic heterocycles. The molecule has 0 spiro atoms. The lowest BCUT2D eigenvalue weighted by Gasteiger charge is -2.24. The zero-order valence-corrected chi connectivity index (χ0v) is 18.1. The standard InChI is InChI=1S/C21H26N2O6S/c1-4-30(25,26)29-20-13-15(9-12-19(20)28-3)14-23(16-10-11-16)21(24)22-17-7-5-6-8-18(17)27-2/h5-9,12-13,16H,4,10-11,14H2,1-3H3,(H,22,24). The second-order valence-corrected chi connectivity index (χ2v) is 8.76. The first-order chi connectivity index (χ1) is 14.4. The topological polar surface area (TPSA) is 94.2 Å². The van der Waals surface area contributed by atoms with Crippen molar-refractivity contribution in [2.45, 2.75) is 32.4 Å². The van der Waals surface area contributed by atoms with E-state index in [-0.39, 0.29) is 23.6 Å². The Morgan fingerprint density at radius 1 is 1.07 bits per heavy atom. The monoisotopic (exact) mass is 434 g/mol. The summed E-state index contributed by atoms with van der Waals surface area (Å²) in [6.07, 6.45) is 1.84. The van der Waals surface area contributed by atoms with E-state index >= 15 is 0 Å². The second kappa shape index (κ2) is 9.25. The zero-order chi connectivity index (χ0) is 21.7. The van der Waals surface area contributed by atoms with E-state index in [9.17, 15) is 13.2 Å². The molecule has 1 aliphatic rings. The van der Waals surface area contributed by atoms with E-state index in [1.54, 1.807) is 42.3 Å². The van der Waals surface area contributed by atoms with Gasteiger partial charge in [0, 0.05) is 12.6 Å². The van der Waals surface area contributed by atoms with E-state index in [4.69, 9.17) is 13.7 Å². The summed E-state index contributed by atoms with van der Waals surface area (Å²) in [5, 5.41) is 2.90. The summed E-state index contributed by atoms with van der Waals surface area (Å²) in [6.45, 7) is 1.81. The van der Waals surface area contributed by atoms with Gasteiger partial charge in [-0.25, -0.2) is 4.79 Å². The van der Waals surface area contributed by atoms with Crippen molar-refractivity contribution in [3.8, 4) is 17.2 Å². The third-order valence-corrected chi connectivity index (χ3v) is 5.89. The second-order valence-electron chi connectivity index (χ2n) is 6.90. The summed E-state index contributed by atoms with van der Waals surface area (Å²) in [7, 11) is -0.715. The number of anilines is 1. The molecule has 1 N–H and O–H groups in total. The average Bonchev–Trinajstić information content (AvgIpc) is 3.57. The van der Waals surface area contributed by atoms with Crippen molar-refractivity contribution in [2.24, 2.45) is 0 Å². The molecule has 0 saturated heterocycles. The largest absolute Gasteiger partial charge is 0.495 e. The Morgan fingerprint density at radius 3 is 2.40 bits per heavy atom. The summed E-state index contributed by atoms with van der Waals surface area (Å²) in [4.78, 5) is 14.7. The third-order valence-electron chi connectivity index (χ3n) is 4.75. The van der Waals surface area contributed by atoms with E-state index in [0.717, 1.165) is 18.4 Å². The van der Waals surface area contributed by atoms with Gasteiger partial charge in [0.1, 0.15) is 5.75 Å². The first-order valence-electron chi connectivity index (χ1n) is 9.66. The maximum atomic E-state index is 13.0. The molecule has 30 heavy (non-hydrogen) atoms. The van der Waals surface area contributed by atoms with Crippen LogP contribution < -0.4 is 19.0 Å². The van der Waals surface area contributed by atoms with E-state index in [2.05, 4.69) is 5.32 Å². The number of rotatable bonds is 9. The molecule has 1 saturated carbocycles. The molecule has 3 rings (SSSR count). The highest BCUT2D eigenvalue weighted by molar-refractivity contribution is 7.87. The lowest BCUT2D eigenvalue weighted by Crippen LogP contribution is -2.36. The van der Waals surface area contributed by atoms with Crippen LogP contribution in [0.4, 0.5) is 10.5 Å². The maximum Gasteiger partial charge on any atom is 0.322 e. The number of amides is 2. The predicted molar refractivity (Wildman–Crippen MR) is 114 cm³/mol. The fourth-order valence-corrected chi connectivity index (χ4v) is 3.49. The first kappa shape index (κ1) is 21.8. The molecule has 1 fully saturated rings. The van der Waals surface area contributed by atoms with E-state index in [1.165, 1.54) is 14.0 Å². The minimum Gasteiger partial charge on any atom is -0.495 e. The molecule has 0 heterocycles. The quantitative estimate of drug-likeness (QED) is 0.606. The SMILES string of the molecule is CCS(=O)(=O)Oc1cc(CN(C(=O)Nc2ccccc2OC)C2CC2)ccc1OC. The number of nitrogens with zero attached hydrogens (tertiary/aromatic N) is 1. The summed E-state index contributed by atoms with van der Waals surface area (Å²) in [6, 6.07) is 12.1. The van der Waals surface area contributed by atoms with Gasteiger partial charge in [-0.2, -0.15) is 8.42 Å². The molecule has 2 aromatic rings. The van der Waals surface area contributed by atoms with Crippen LogP contribution >= 0.6 is 0 Å². The van der Waals surface area contributed by atoms with Crippen LogP contribution in [0.1, 0.15) is 25.3 Å². The van der Waals surface area contributed by atoms with Crippen LogP contribution in [-0.2, 0) is 16.7 Å². The highest BCUT2D eigenvalue weighted by atomic mass is 32.2. The van der Waals surface area contributed by atoms with Gasteiger partial charge < -0.3 is 23.9 Å². The van der Waals surface area contributed by atoms with Crippen molar-refractivity contribution in [2.75, 3.05) is 25.3 Å². The number of carbonyl (C=O) groups excluding carboxylic acids is 1. The lowest BCUT2D eigenvalue weighted by molar-refractivity contribution is 0.206. The number of hydrogen-bond donors (Lipinski definition) is 1. The van der Waals surface area contributed by atoms with Gasteiger partial charge >= 0.3 is 16.1 Å². The smallest absolute Gasteiger partial charge is 0.322 e. The van der Waals surface area contributed by atoms with Gasteiger partial charge in [-0.3, -0.25) is 0 Å². The van der Waals surface area contributed by atoms with Crippen molar-refractivity contribution in [1.29, 1.82) is 0 Å². The Bertz CT molecular complexity index is 1000. The summed E-state index contributed by atoms with van der Waals surface area (Å²) in [5.74, 6) is 0.840. The number of ether oxygens (including phenoxy) is 2. The number of urea groups is 1. The summed E-state index contributed by atoms with van der Waals surface area (Å²) >= 11 is 0. The highest BCUT2D eigenvalue weighted by Gasteiger charge is 2.33. The Labute approximate surface area is 176 Å². The molecule has 0 bridgehead atoms. The summed E-state index contributed by atoms with van der Waals surface area (Å²) < 4.78 is 39.5. The van der Waals surface area contributed by atoms with Crippen LogP contribution in [0, 0.1) is 0 Å². The van der Waals surface area contributed by atoms with Crippen LogP contribution in [-0.4, -0.2) is 45.4 Å². The molecular formula is C21H26N2O6S. The van der Waals surface area contributed by atoms with Gasteiger partial charge in [-0.15, -0.1) is 0 Å². The molecule has 0 aliphatic heterocycles. The molecular weight excluding hydrogens is 408 g/mol. The van der Waals surface area contributed by atoms with Gasteiger partial charge in [0.05, 0.1) is 25.7 Å². The number of para-hydroxylation sites is 2. The number of methoxy groups -OCH3 is 2. The Morgan fingerprint density at radius 2 is 1.77 bits per heavy atom. The molecule has 2 aromatic carbocycles. The fraction of sp³-hybridized carbons (Fsp3) is 0.381. The fourth-order valence-electron chi connectivity index (χ4n) is 2.96. The lowest BCUT2D eigenvalue weighted by atomic mass is 10.2. The normalized spacial score (nSPS) is 13.4. The molecule has 0 atom stereocenters. The van der Waals surface area contributed by atoms with Crippen LogP contribution in [0.2, 0.25) is 0 Å². The van der Waals surface area contributed by atoms with E-state index in [1.807, 2.05) is 12.1 Å². The molecule has 8 nitrogen and oxygen atoms in total. The van der Waals surface area contributed by atoms with Gasteiger partial charge in [0.2, 0.25) is 0 Å². The molecule has 0 radical (unpaired) electrons. The van der Waals surface area contributed by atoms with E-state index < -0.39 is 10.1 Å². The van der Waals surface area contributed by atoms with Crippen LogP contribution in [0.25, 0.3) is 0 Å². The Kier molecular flexibility index (Phi) is 6.71. The molecule has 1 aliphatic carbocycles.